The van der Waals surface area contributed by atoms with Crippen molar-refractivity contribution >= 4 is 0 Å². The summed E-state index contributed by atoms with van der Waals surface area (Å²) in [5.74, 6) is 0. The van der Waals surface area contributed by atoms with E-state index in [0.717, 1.165) is 0 Å². The van der Waals surface area contributed by atoms with Crippen LogP contribution in [-0.4, -0.2) is 50.8 Å². The van der Waals surface area contributed by atoms with Gasteiger partial charge in [0.1, 0.15) is 5.60 Å². The molecule has 0 aromatic carbocycles. The van der Waals surface area contributed by atoms with Gasteiger partial charge in [0.15, 0.2) is 0 Å². The predicted molar refractivity (Wildman–Crippen MR) is 41.6 cm³/mol. The van der Waals surface area contributed by atoms with Crippen LogP contribution in [0.25, 0.3) is 0 Å². The van der Waals surface area contributed by atoms with Gasteiger partial charge in [-0.1, -0.05) is 0 Å². The minimum absolute atomic E-state index is 0.281. The van der Waals surface area contributed by atoms with Gasteiger partial charge >= 0.3 is 0 Å². The summed E-state index contributed by atoms with van der Waals surface area (Å²) in [6.45, 7) is 1.95. The minimum atomic E-state index is -0.966. The van der Waals surface area contributed by atoms with E-state index in [1.165, 1.54) is 7.11 Å². The topological polar surface area (TPSA) is 60.0 Å². The summed E-state index contributed by atoms with van der Waals surface area (Å²) in [6.07, 6.45) is 0. The zero-order chi connectivity index (χ0) is 8.86. The normalized spacial score (nSPS) is 23.5. The number of hydroxylamine groups is 1. The van der Waals surface area contributed by atoms with Crippen molar-refractivity contribution in [2.45, 2.75) is 5.60 Å². The molecular formula is C7H15NO4. The molecule has 72 valence electrons. The monoisotopic (exact) mass is 177 g/mol. The summed E-state index contributed by atoms with van der Waals surface area (Å²) in [7, 11) is 1.50. The van der Waals surface area contributed by atoms with Gasteiger partial charge in [-0.3, -0.25) is 0 Å². The van der Waals surface area contributed by atoms with Gasteiger partial charge in [0, 0.05) is 0 Å². The zero-order valence-corrected chi connectivity index (χ0v) is 7.21. The van der Waals surface area contributed by atoms with E-state index in [2.05, 4.69) is 10.3 Å². The molecule has 1 saturated heterocycles. The molecular weight excluding hydrogens is 162 g/mol. The van der Waals surface area contributed by atoms with E-state index in [9.17, 15) is 5.11 Å². The zero-order valence-electron chi connectivity index (χ0n) is 7.21. The van der Waals surface area contributed by atoms with Crippen LogP contribution in [0.2, 0.25) is 0 Å². The molecule has 1 fully saturated rings. The average Bonchev–Trinajstić information content (AvgIpc) is 2.27. The first-order valence-electron chi connectivity index (χ1n) is 3.90. The van der Waals surface area contributed by atoms with Crippen molar-refractivity contribution in [3.63, 3.8) is 0 Å². The lowest BCUT2D eigenvalue weighted by atomic mass is 10.1. The van der Waals surface area contributed by atoms with Gasteiger partial charge in [-0.15, -0.1) is 0 Å². The number of hydrogen-bond donors (Lipinski definition) is 2. The van der Waals surface area contributed by atoms with E-state index >= 15 is 0 Å². The smallest absolute Gasteiger partial charge is 0.126 e. The lowest BCUT2D eigenvalue weighted by Crippen LogP contribution is -2.47. The fourth-order valence-corrected chi connectivity index (χ4v) is 0.992. The van der Waals surface area contributed by atoms with Crippen LogP contribution in [-0.2, 0) is 14.3 Å². The summed E-state index contributed by atoms with van der Waals surface area (Å²) < 4.78 is 10.3. The Bertz CT molecular complexity index is 123. The van der Waals surface area contributed by atoms with Crippen molar-refractivity contribution in [2.24, 2.45) is 0 Å². The van der Waals surface area contributed by atoms with Crippen LogP contribution in [0.3, 0.4) is 0 Å². The number of nitrogens with one attached hydrogen (secondary N) is 1. The molecule has 1 aliphatic rings. The second kappa shape index (κ2) is 4.74. The maximum atomic E-state index is 9.79. The lowest BCUT2D eigenvalue weighted by Gasteiger charge is -2.24. The highest BCUT2D eigenvalue weighted by Crippen LogP contribution is 2.08. The highest BCUT2D eigenvalue weighted by Gasteiger charge is 2.29. The molecule has 0 spiro atoms. The Morgan fingerprint density at radius 2 is 2.00 bits per heavy atom. The molecule has 1 rings (SSSR count). The largest absolute Gasteiger partial charge is 0.384 e. The van der Waals surface area contributed by atoms with Gasteiger partial charge in [0.05, 0.1) is 40.1 Å². The molecule has 2 N–H and O–H groups in total. The fraction of sp³-hybridized carbons (Fsp3) is 1.00. The number of ether oxygens (including phenoxy) is 2. The fourth-order valence-electron chi connectivity index (χ4n) is 0.992. The van der Waals surface area contributed by atoms with Crippen LogP contribution in [0.5, 0.6) is 0 Å². The molecule has 0 bridgehead atoms. The van der Waals surface area contributed by atoms with Gasteiger partial charge in [0.2, 0.25) is 0 Å². The van der Waals surface area contributed by atoms with Crippen molar-refractivity contribution in [3.8, 4) is 0 Å². The van der Waals surface area contributed by atoms with Crippen molar-refractivity contribution in [1.29, 1.82) is 0 Å². The Morgan fingerprint density at radius 3 is 2.50 bits per heavy atom. The predicted octanol–water partition coefficient (Wildman–Crippen LogP) is -1.08. The van der Waals surface area contributed by atoms with Gasteiger partial charge < -0.3 is 19.4 Å². The SMILES string of the molecule is CONCC1(O)COCCOC1. The molecule has 0 radical (unpaired) electrons. The molecule has 0 aliphatic carbocycles. The Labute approximate surface area is 71.6 Å². The van der Waals surface area contributed by atoms with Crippen molar-refractivity contribution < 1.29 is 19.4 Å². The first-order valence-corrected chi connectivity index (χ1v) is 3.90. The number of hydrogen-bond acceptors (Lipinski definition) is 5. The molecule has 1 aliphatic heterocycles. The highest BCUT2D eigenvalue weighted by atomic mass is 16.6. The third-order valence-electron chi connectivity index (χ3n) is 1.66. The third-order valence-corrected chi connectivity index (χ3v) is 1.66. The molecule has 5 nitrogen and oxygen atoms in total. The first kappa shape index (κ1) is 9.88. The first-order chi connectivity index (χ1) is 5.77. The van der Waals surface area contributed by atoms with Crippen molar-refractivity contribution in [3.05, 3.63) is 0 Å². The van der Waals surface area contributed by atoms with E-state index in [4.69, 9.17) is 9.47 Å². The summed E-state index contributed by atoms with van der Waals surface area (Å²) in [5.41, 5.74) is 1.61. The molecule has 5 heteroatoms. The van der Waals surface area contributed by atoms with Crippen LogP contribution < -0.4 is 5.48 Å². The van der Waals surface area contributed by atoms with E-state index in [-0.39, 0.29) is 13.2 Å². The molecule has 12 heavy (non-hydrogen) atoms. The highest BCUT2D eigenvalue weighted by molar-refractivity contribution is 4.80. The Hall–Kier alpha value is -0.200. The maximum absolute atomic E-state index is 9.79. The van der Waals surface area contributed by atoms with Gasteiger partial charge in [0.25, 0.3) is 0 Å². The standard InChI is InChI=1S/C7H15NO4/c1-10-8-4-7(9)5-11-2-3-12-6-7/h8-9H,2-6H2,1H3. The van der Waals surface area contributed by atoms with Gasteiger partial charge in [-0.05, 0) is 0 Å². The summed E-state index contributed by atoms with van der Waals surface area (Å²) in [6, 6.07) is 0. The van der Waals surface area contributed by atoms with Crippen LogP contribution in [0.1, 0.15) is 0 Å². The lowest BCUT2D eigenvalue weighted by molar-refractivity contribution is -0.0775. The molecule has 0 aromatic rings. The van der Waals surface area contributed by atoms with Crippen molar-refractivity contribution in [1.82, 2.24) is 5.48 Å². The molecule has 1 heterocycles. The van der Waals surface area contributed by atoms with E-state index < -0.39 is 5.60 Å². The average molecular weight is 177 g/mol. The molecule has 0 amide bonds. The molecule has 0 unspecified atom stereocenters. The van der Waals surface area contributed by atoms with E-state index in [1.54, 1.807) is 0 Å². The van der Waals surface area contributed by atoms with Crippen LogP contribution in [0.4, 0.5) is 0 Å². The molecule has 0 aromatic heterocycles. The second-order valence-corrected chi connectivity index (χ2v) is 2.85. The second-order valence-electron chi connectivity index (χ2n) is 2.85. The van der Waals surface area contributed by atoms with Crippen LogP contribution in [0.15, 0.2) is 0 Å². The molecule has 0 atom stereocenters. The van der Waals surface area contributed by atoms with Crippen LogP contribution in [0, 0.1) is 0 Å². The van der Waals surface area contributed by atoms with Gasteiger partial charge in [-0.25, -0.2) is 0 Å². The third kappa shape index (κ3) is 3.04. The minimum Gasteiger partial charge on any atom is -0.384 e. The summed E-state index contributed by atoms with van der Waals surface area (Å²) in [4.78, 5) is 4.63. The summed E-state index contributed by atoms with van der Waals surface area (Å²) >= 11 is 0. The molecule has 0 saturated carbocycles. The van der Waals surface area contributed by atoms with Crippen LogP contribution >= 0.6 is 0 Å². The Morgan fingerprint density at radius 1 is 1.42 bits per heavy atom. The quantitative estimate of drug-likeness (QED) is 0.537. The van der Waals surface area contributed by atoms with Gasteiger partial charge in [-0.2, -0.15) is 5.48 Å². The van der Waals surface area contributed by atoms with Crippen molar-refractivity contribution in [2.75, 3.05) is 40.1 Å². The van der Waals surface area contributed by atoms with E-state index in [1.807, 2.05) is 0 Å². The maximum Gasteiger partial charge on any atom is 0.126 e. The Balaban J connectivity index is 2.32. The number of aliphatic hydroxyl groups is 1. The Kier molecular flexibility index (Phi) is 3.90. The van der Waals surface area contributed by atoms with E-state index in [0.29, 0.717) is 19.8 Å². The summed E-state index contributed by atoms with van der Waals surface area (Å²) in [5, 5.41) is 9.79. The number of rotatable bonds is 3.